The molecule has 0 fully saturated rings. The van der Waals surface area contributed by atoms with E-state index in [-0.39, 0.29) is 11.3 Å². The van der Waals surface area contributed by atoms with Crippen LogP contribution in [0.15, 0.2) is 22.6 Å². The van der Waals surface area contributed by atoms with Crippen LogP contribution in [0, 0.1) is 12.7 Å². The number of carboxylic acid groups (broad SMARTS) is 1. The zero-order chi connectivity index (χ0) is 14.2. The van der Waals surface area contributed by atoms with Crippen LogP contribution in [0.5, 0.6) is 0 Å². The van der Waals surface area contributed by atoms with E-state index in [1.807, 2.05) is 0 Å². The number of amides is 1. The summed E-state index contributed by atoms with van der Waals surface area (Å²) in [6.45, 7) is 2.95. The van der Waals surface area contributed by atoms with E-state index < -0.39 is 23.7 Å². The molecule has 0 aliphatic rings. The molecule has 0 saturated heterocycles. The van der Waals surface area contributed by atoms with Gasteiger partial charge >= 0.3 is 5.97 Å². The first-order valence-corrected chi connectivity index (χ1v) is 5.63. The van der Waals surface area contributed by atoms with E-state index in [0.717, 1.165) is 0 Å². The standard InChI is InChI=1S/C13H12FNO4/c1-6-8-4-3-5-9(14)11(8)19-10(6)12(16)15-7(2)13(17)18/h3-5,7H,1-2H3,(H,15,16)(H,17,18)/t7-/m1/s1. The molecule has 0 bridgehead atoms. The summed E-state index contributed by atoms with van der Waals surface area (Å²) in [5.74, 6) is -2.48. The lowest BCUT2D eigenvalue weighted by Crippen LogP contribution is -2.38. The van der Waals surface area contributed by atoms with Gasteiger partial charge in [-0.15, -0.1) is 0 Å². The van der Waals surface area contributed by atoms with Crippen molar-refractivity contribution in [3.63, 3.8) is 0 Å². The maximum absolute atomic E-state index is 13.5. The highest BCUT2D eigenvalue weighted by molar-refractivity contribution is 6.00. The summed E-state index contributed by atoms with van der Waals surface area (Å²) in [5.41, 5.74) is 0.470. The number of para-hydroxylation sites is 1. The van der Waals surface area contributed by atoms with E-state index in [2.05, 4.69) is 5.32 Å². The van der Waals surface area contributed by atoms with E-state index in [9.17, 15) is 14.0 Å². The molecule has 5 nitrogen and oxygen atoms in total. The van der Waals surface area contributed by atoms with E-state index >= 15 is 0 Å². The summed E-state index contributed by atoms with van der Waals surface area (Å²) in [5, 5.41) is 11.5. The number of carboxylic acids is 1. The molecule has 19 heavy (non-hydrogen) atoms. The number of carbonyl (C=O) groups is 2. The van der Waals surface area contributed by atoms with E-state index in [1.54, 1.807) is 13.0 Å². The summed E-state index contributed by atoms with van der Waals surface area (Å²) in [6.07, 6.45) is 0. The largest absolute Gasteiger partial charge is 0.480 e. The van der Waals surface area contributed by atoms with Crippen molar-refractivity contribution >= 4 is 22.8 Å². The lowest BCUT2D eigenvalue weighted by molar-refractivity contribution is -0.138. The van der Waals surface area contributed by atoms with Crippen molar-refractivity contribution in [2.75, 3.05) is 0 Å². The summed E-state index contributed by atoms with van der Waals surface area (Å²) in [4.78, 5) is 22.5. The van der Waals surface area contributed by atoms with Gasteiger partial charge < -0.3 is 14.8 Å². The van der Waals surface area contributed by atoms with Gasteiger partial charge in [-0.1, -0.05) is 12.1 Å². The molecule has 0 unspecified atom stereocenters. The Morgan fingerprint density at radius 2 is 2.11 bits per heavy atom. The molecule has 0 spiro atoms. The van der Waals surface area contributed by atoms with Crippen LogP contribution in [0.25, 0.3) is 11.0 Å². The van der Waals surface area contributed by atoms with Gasteiger partial charge in [-0.25, -0.2) is 4.39 Å². The van der Waals surface area contributed by atoms with E-state index in [4.69, 9.17) is 9.52 Å². The minimum atomic E-state index is -1.16. The van der Waals surface area contributed by atoms with Crippen molar-refractivity contribution in [2.45, 2.75) is 19.9 Å². The van der Waals surface area contributed by atoms with Gasteiger partial charge in [-0.05, 0) is 19.9 Å². The van der Waals surface area contributed by atoms with Crippen molar-refractivity contribution in [1.29, 1.82) is 0 Å². The average molecular weight is 265 g/mol. The Morgan fingerprint density at radius 3 is 2.68 bits per heavy atom. The normalized spacial score (nSPS) is 12.4. The van der Waals surface area contributed by atoms with Gasteiger partial charge in [0, 0.05) is 10.9 Å². The second-order valence-electron chi connectivity index (χ2n) is 4.21. The molecule has 0 radical (unpaired) electrons. The minimum absolute atomic E-state index is 0.00636. The third-order valence-electron chi connectivity index (χ3n) is 2.84. The molecule has 100 valence electrons. The van der Waals surface area contributed by atoms with Gasteiger partial charge in [0.15, 0.2) is 17.2 Å². The predicted molar refractivity (Wildman–Crippen MR) is 65.5 cm³/mol. The van der Waals surface area contributed by atoms with Crippen LogP contribution < -0.4 is 5.32 Å². The van der Waals surface area contributed by atoms with Crippen LogP contribution in [-0.2, 0) is 4.79 Å². The molecule has 1 heterocycles. The number of aliphatic carboxylic acids is 1. The van der Waals surface area contributed by atoms with Crippen LogP contribution in [0.2, 0.25) is 0 Å². The lowest BCUT2D eigenvalue weighted by atomic mass is 10.1. The number of halogens is 1. The van der Waals surface area contributed by atoms with Gasteiger partial charge in [0.25, 0.3) is 5.91 Å². The second kappa shape index (κ2) is 4.72. The molecular weight excluding hydrogens is 253 g/mol. The van der Waals surface area contributed by atoms with Crippen LogP contribution in [-0.4, -0.2) is 23.0 Å². The Hall–Kier alpha value is -2.37. The molecule has 0 aliphatic heterocycles. The van der Waals surface area contributed by atoms with Crippen molar-refractivity contribution in [3.05, 3.63) is 35.3 Å². The van der Waals surface area contributed by atoms with Crippen LogP contribution in [0.4, 0.5) is 4.39 Å². The minimum Gasteiger partial charge on any atom is -0.480 e. The van der Waals surface area contributed by atoms with Crippen molar-refractivity contribution in [2.24, 2.45) is 0 Å². The fourth-order valence-electron chi connectivity index (χ4n) is 1.75. The zero-order valence-corrected chi connectivity index (χ0v) is 10.4. The fourth-order valence-corrected chi connectivity index (χ4v) is 1.75. The Kier molecular flexibility index (Phi) is 3.25. The summed E-state index contributed by atoms with van der Waals surface area (Å²) >= 11 is 0. The molecule has 0 aliphatic carbocycles. The quantitative estimate of drug-likeness (QED) is 0.890. The first kappa shape index (κ1) is 13.1. The maximum Gasteiger partial charge on any atom is 0.325 e. The number of fused-ring (bicyclic) bond motifs is 1. The van der Waals surface area contributed by atoms with Gasteiger partial charge in [0.2, 0.25) is 0 Å². The number of hydrogen-bond acceptors (Lipinski definition) is 3. The summed E-state index contributed by atoms with van der Waals surface area (Å²) in [6, 6.07) is 3.33. The fraction of sp³-hybridized carbons (Fsp3) is 0.231. The highest BCUT2D eigenvalue weighted by Gasteiger charge is 2.22. The lowest BCUT2D eigenvalue weighted by Gasteiger charge is -2.07. The third-order valence-corrected chi connectivity index (χ3v) is 2.84. The number of furan rings is 1. The number of nitrogens with one attached hydrogen (secondary N) is 1. The molecule has 1 aromatic carbocycles. The monoisotopic (exact) mass is 265 g/mol. The molecule has 2 rings (SSSR count). The maximum atomic E-state index is 13.5. The van der Waals surface area contributed by atoms with Gasteiger partial charge in [-0.3, -0.25) is 9.59 Å². The van der Waals surface area contributed by atoms with Crippen molar-refractivity contribution < 1.29 is 23.5 Å². The van der Waals surface area contributed by atoms with Crippen molar-refractivity contribution in [3.8, 4) is 0 Å². The van der Waals surface area contributed by atoms with Gasteiger partial charge in [0.1, 0.15) is 6.04 Å². The first-order chi connectivity index (χ1) is 8.91. The van der Waals surface area contributed by atoms with Crippen molar-refractivity contribution in [1.82, 2.24) is 5.32 Å². The van der Waals surface area contributed by atoms with E-state index in [0.29, 0.717) is 10.9 Å². The molecule has 1 atom stereocenters. The Morgan fingerprint density at radius 1 is 1.42 bits per heavy atom. The Labute approximate surface area is 108 Å². The van der Waals surface area contributed by atoms with E-state index in [1.165, 1.54) is 19.1 Å². The number of aryl methyl sites for hydroxylation is 1. The van der Waals surface area contributed by atoms with Gasteiger partial charge in [0.05, 0.1) is 0 Å². The van der Waals surface area contributed by atoms with Crippen LogP contribution >= 0.6 is 0 Å². The number of carbonyl (C=O) groups excluding carboxylic acids is 1. The third kappa shape index (κ3) is 2.29. The van der Waals surface area contributed by atoms with Crippen LogP contribution in [0.3, 0.4) is 0 Å². The Bertz CT molecular complexity index is 662. The first-order valence-electron chi connectivity index (χ1n) is 5.63. The summed E-state index contributed by atoms with van der Waals surface area (Å²) in [7, 11) is 0. The molecule has 1 amide bonds. The topological polar surface area (TPSA) is 79.5 Å². The summed E-state index contributed by atoms with van der Waals surface area (Å²) < 4.78 is 18.7. The van der Waals surface area contributed by atoms with Gasteiger partial charge in [-0.2, -0.15) is 0 Å². The number of benzene rings is 1. The molecule has 6 heteroatoms. The molecule has 1 aromatic heterocycles. The zero-order valence-electron chi connectivity index (χ0n) is 10.4. The predicted octanol–water partition coefficient (Wildman–Crippen LogP) is 2.08. The number of rotatable bonds is 3. The Balaban J connectivity index is 2.41. The highest BCUT2D eigenvalue weighted by Crippen LogP contribution is 2.27. The van der Waals surface area contributed by atoms with Crippen LogP contribution in [0.1, 0.15) is 23.0 Å². The second-order valence-corrected chi connectivity index (χ2v) is 4.21. The number of hydrogen-bond donors (Lipinski definition) is 2. The molecule has 0 saturated carbocycles. The SMILES string of the molecule is Cc1c(C(=O)N[C@H](C)C(=O)O)oc2c(F)cccc12. The smallest absolute Gasteiger partial charge is 0.325 e. The average Bonchev–Trinajstić information content (AvgIpc) is 2.68. The highest BCUT2D eigenvalue weighted by atomic mass is 19.1. The molecule has 2 aromatic rings. The molecule has 2 N–H and O–H groups in total. The molecular formula is C13H12FNO4.